The van der Waals surface area contributed by atoms with Crippen LogP contribution < -0.4 is 5.73 Å². The number of carbonyl (C=O) groups excluding carboxylic acids is 1. The lowest BCUT2D eigenvalue weighted by molar-refractivity contribution is -0.137. The first-order chi connectivity index (χ1) is 10.1. The molecule has 0 fully saturated rings. The van der Waals surface area contributed by atoms with Crippen LogP contribution in [-0.4, -0.2) is 43.3 Å². The summed E-state index contributed by atoms with van der Waals surface area (Å²) in [6.07, 6.45) is 5.24. The van der Waals surface area contributed by atoms with Crippen molar-refractivity contribution in [3.8, 4) is 0 Å². The maximum Gasteiger partial charge on any atom is 0.330 e. The van der Waals surface area contributed by atoms with Crippen molar-refractivity contribution in [3.63, 3.8) is 0 Å². The number of hydrogen-bond donors (Lipinski definition) is 2. The van der Waals surface area contributed by atoms with E-state index in [1.807, 2.05) is 0 Å². The number of nitrogens with zero attached hydrogens (tertiary/aromatic N) is 4. The average molecular weight is 291 g/mol. The number of aromatic nitrogens is 4. The predicted octanol–water partition coefficient (Wildman–Crippen LogP) is 0.279. The zero-order chi connectivity index (χ0) is 15.2. The zero-order valence-electron chi connectivity index (χ0n) is 11.6. The molecule has 0 aliphatic carbocycles. The lowest BCUT2D eigenvalue weighted by Gasteiger charge is -2.07. The molecule has 8 heteroatoms. The number of aliphatic hydroxyl groups excluding tert-OH is 1. The minimum Gasteiger partial charge on any atom is -0.463 e. The van der Waals surface area contributed by atoms with Crippen LogP contribution in [0.3, 0.4) is 0 Å². The number of nitrogen functional groups attached to an aromatic ring is 1. The standard InChI is InChI=1S/C13H17N5O3/c1-2-21-10(20)4-3-9(19)5-6-18-8-17-11-12(14)15-7-16-13(11)18/h3-4,7-9,19H,2,5-6H2,1H3,(H2,14,15,16)/b4-3+. The number of carbonyl (C=O) groups is 1. The second kappa shape index (κ2) is 6.80. The van der Waals surface area contributed by atoms with Crippen molar-refractivity contribution >= 4 is 23.0 Å². The molecule has 0 aliphatic heterocycles. The van der Waals surface area contributed by atoms with Gasteiger partial charge in [0.05, 0.1) is 19.0 Å². The van der Waals surface area contributed by atoms with Crippen LogP contribution in [0, 0.1) is 0 Å². The van der Waals surface area contributed by atoms with Gasteiger partial charge in [0, 0.05) is 12.6 Å². The molecule has 0 amide bonds. The highest BCUT2D eigenvalue weighted by atomic mass is 16.5. The van der Waals surface area contributed by atoms with Crippen LogP contribution in [0.5, 0.6) is 0 Å². The van der Waals surface area contributed by atoms with Crippen LogP contribution in [0.15, 0.2) is 24.8 Å². The summed E-state index contributed by atoms with van der Waals surface area (Å²) < 4.78 is 6.50. The van der Waals surface area contributed by atoms with Gasteiger partial charge in [-0.3, -0.25) is 0 Å². The third-order valence-corrected chi connectivity index (χ3v) is 2.84. The van der Waals surface area contributed by atoms with E-state index in [2.05, 4.69) is 15.0 Å². The number of anilines is 1. The number of nitrogens with two attached hydrogens (primary N) is 1. The number of ether oxygens (including phenoxy) is 1. The summed E-state index contributed by atoms with van der Waals surface area (Å²) in [5.74, 6) is -0.147. The fraction of sp³-hybridized carbons (Fsp3) is 0.385. The maximum absolute atomic E-state index is 11.1. The fourth-order valence-corrected chi connectivity index (χ4v) is 1.81. The average Bonchev–Trinajstić information content (AvgIpc) is 2.88. The molecule has 0 aromatic carbocycles. The first-order valence-corrected chi connectivity index (χ1v) is 6.56. The molecule has 1 unspecified atom stereocenters. The lowest BCUT2D eigenvalue weighted by atomic mass is 10.2. The van der Waals surface area contributed by atoms with Crippen molar-refractivity contribution in [3.05, 3.63) is 24.8 Å². The summed E-state index contributed by atoms with van der Waals surface area (Å²) in [6.45, 7) is 2.52. The maximum atomic E-state index is 11.1. The number of fused-ring (bicyclic) bond motifs is 1. The van der Waals surface area contributed by atoms with Crippen LogP contribution in [-0.2, 0) is 16.1 Å². The molecule has 0 saturated heterocycles. The van der Waals surface area contributed by atoms with Crippen LogP contribution in [0.25, 0.3) is 11.2 Å². The van der Waals surface area contributed by atoms with E-state index in [9.17, 15) is 9.90 Å². The van der Waals surface area contributed by atoms with E-state index < -0.39 is 12.1 Å². The molecule has 112 valence electrons. The van der Waals surface area contributed by atoms with E-state index in [0.29, 0.717) is 36.6 Å². The summed E-state index contributed by atoms with van der Waals surface area (Å²) in [4.78, 5) is 23.2. The Hall–Kier alpha value is -2.48. The van der Waals surface area contributed by atoms with Crippen LogP contribution in [0.1, 0.15) is 13.3 Å². The number of esters is 1. The fourth-order valence-electron chi connectivity index (χ4n) is 1.81. The Balaban J connectivity index is 1.96. The summed E-state index contributed by atoms with van der Waals surface area (Å²) in [5.41, 5.74) is 6.85. The molecular formula is C13H17N5O3. The summed E-state index contributed by atoms with van der Waals surface area (Å²) in [6, 6.07) is 0. The third-order valence-electron chi connectivity index (χ3n) is 2.84. The predicted molar refractivity (Wildman–Crippen MR) is 76.1 cm³/mol. The van der Waals surface area contributed by atoms with E-state index in [1.165, 1.54) is 18.5 Å². The van der Waals surface area contributed by atoms with Crippen LogP contribution in [0.4, 0.5) is 5.82 Å². The Kier molecular flexibility index (Phi) is 4.83. The van der Waals surface area contributed by atoms with Gasteiger partial charge in [-0.05, 0) is 19.4 Å². The molecule has 3 N–H and O–H groups in total. The molecule has 8 nitrogen and oxygen atoms in total. The molecule has 2 aromatic heterocycles. The number of aryl methyl sites for hydroxylation is 1. The molecule has 0 bridgehead atoms. The largest absolute Gasteiger partial charge is 0.463 e. The number of aliphatic hydroxyl groups is 1. The smallest absolute Gasteiger partial charge is 0.330 e. The Morgan fingerprint density at radius 1 is 1.52 bits per heavy atom. The van der Waals surface area contributed by atoms with Gasteiger partial charge in [0.25, 0.3) is 0 Å². The van der Waals surface area contributed by atoms with E-state index in [0.717, 1.165) is 0 Å². The number of imidazole rings is 1. The van der Waals surface area contributed by atoms with Gasteiger partial charge in [0.2, 0.25) is 0 Å². The van der Waals surface area contributed by atoms with Gasteiger partial charge in [-0.15, -0.1) is 0 Å². The molecule has 21 heavy (non-hydrogen) atoms. The number of hydrogen-bond acceptors (Lipinski definition) is 7. The van der Waals surface area contributed by atoms with Crippen molar-refractivity contribution in [1.82, 2.24) is 19.5 Å². The molecule has 2 rings (SSSR count). The minimum atomic E-state index is -0.758. The van der Waals surface area contributed by atoms with Gasteiger partial charge >= 0.3 is 5.97 Å². The van der Waals surface area contributed by atoms with Crippen molar-refractivity contribution in [1.29, 1.82) is 0 Å². The Morgan fingerprint density at radius 3 is 3.10 bits per heavy atom. The Morgan fingerprint density at radius 2 is 2.33 bits per heavy atom. The lowest BCUT2D eigenvalue weighted by Crippen LogP contribution is -2.09. The second-order valence-electron chi connectivity index (χ2n) is 4.34. The van der Waals surface area contributed by atoms with Crippen LogP contribution in [0.2, 0.25) is 0 Å². The molecule has 0 aliphatic rings. The highest BCUT2D eigenvalue weighted by Crippen LogP contribution is 2.14. The number of rotatable bonds is 6. The van der Waals surface area contributed by atoms with Crippen molar-refractivity contribution in [2.45, 2.75) is 26.0 Å². The molecule has 0 saturated carbocycles. The molecule has 0 spiro atoms. The van der Waals surface area contributed by atoms with E-state index >= 15 is 0 Å². The van der Waals surface area contributed by atoms with Gasteiger partial charge in [-0.2, -0.15) is 0 Å². The zero-order valence-corrected chi connectivity index (χ0v) is 11.6. The summed E-state index contributed by atoms with van der Waals surface area (Å²) in [7, 11) is 0. The molecule has 0 radical (unpaired) electrons. The molecule has 2 heterocycles. The summed E-state index contributed by atoms with van der Waals surface area (Å²) in [5, 5.41) is 9.81. The quantitative estimate of drug-likeness (QED) is 0.580. The van der Waals surface area contributed by atoms with Gasteiger partial charge in [0.1, 0.15) is 11.8 Å². The topological polar surface area (TPSA) is 116 Å². The molecule has 2 aromatic rings. The minimum absolute atomic E-state index is 0.307. The highest BCUT2D eigenvalue weighted by Gasteiger charge is 2.09. The van der Waals surface area contributed by atoms with E-state index in [4.69, 9.17) is 10.5 Å². The van der Waals surface area contributed by atoms with Gasteiger partial charge in [0.15, 0.2) is 11.5 Å². The van der Waals surface area contributed by atoms with Crippen molar-refractivity contribution < 1.29 is 14.6 Å². The SMILES string of the molecule is CCOC(=O)/C=C/C(O)CCn1cnc2c(N)ncnc21. The van der Waals surface area contributed by atoms with Gasteiger partial charge in [-0.25, -0.2) is 19.7 Å². The van der Waals surface area contributed by atoms with Gasteiger partial charge < -0.3 is 20.1 Å². The Labute approximate surface area is 121 Å². The molecule has 1 atom stereocenters. The van der Waals surface area contributed by atoms with Crippen molar-refractivity contribution in [2.24, 2.45) is 0 Å². The first kappa shape index (κ1) is 14.9. The highest BCUT2D eigenvalue weighted by molar-refractivity contribution is 5.82. The van der Waals surface area contributed by atoms with Gasteiger partial charge in [-0.1, -0.05) is 0 Å². The third kappa shape index (κ3) is 3.76. The second-order valence-corrected chi connectivity index (χ2v) is 4.34. The summed E-state index contributed by atoms with van der Waals surface area (Å²) >= 11 is 0. The Bertz CT molecular complexity index is 652. The van der Waals surface area contributed by atoms with E-state index in [-0.39, 0.29) is 0 Å². The van der Waals surface area contributed by atoms with E-state index in [1.54, 1.807) is 17.8 Å². The first-order valence-electron chi connectivity index (χ1n) is 6.56. The monoisotopic (exact) mass is 291 g/mol. The molecular weight excluding hydrogens is 274 g/mol. The van der Waals surface area contributed by atoms with Crippen molar-refractivity contribution in [2.75, 3.05) is 12.3 Å². The normalized spacial score (nSPS) is 12.9. The van der Waals surface area contributed by atoms with Crippen LogP contribution >= 0.6 is 0 Å².